The highest BCUT2D eigenvalue weighted by Gasteiger charge is 2.31. The number of anilines is 1. The molecule has 6 heteroatoms. The third kappa shape index (κ3) is 2.78. The van der Waals surface area contributed by atoms with E-state index < -0.39 is 5.91 Å². The van der Waals surface area contributed by atoms with Crippen LogP contribution in [0.15, 0.2) is 82.2 Å². The summed E-state index contributed by atoms with van der Waals surface area (Å²) in [6.45, 7) is 0. The zero-order valence-corrected chi connectivity index (χ0v) is 15.5. The molecule has 1 fully saturated rings. The van der Waals surface area contributed by atoms with Crippen LogP contribution in [0.5, 0.6) is 0 Å². The monoisotopic (exact) mass is 386 g/mol. The normalized spacial score (nSPS) is 15.8. The second kappa shape index (κ2) is 6.65. The molecule has 0 N–H and O–H groups in total. The maximum absolute atomic E-state index is 12.7. The van der Waals surface area contributed by atoms with Crippen molar-refractivity contribution in [1.82, 2.24) is 0 Å². The number of carbonyl (C=O) groups is 2. The molecule has 0 spiro atoms. The Bertz CT molecular complexity index is 1240. The molecule has 0 unspecified atom stereocenters. The Hall–Kier alpha value is -3.38. The van der Waals surface area contributed by atoms with E-state index >= 15 is 0 Å². The van der Waals surface area contributed by atoms with Gasteiger partial charge in [0.1, 0.15) is 5.58 Å². The van der Waals surface area contributed by atoms with Crippen LogP contribution in [0.2, 0.25) is 0 Å². The minimum atomic E-state index is -0.501. The van der Waals surface area contributed by atoms with Crippen LogP contribution in [-0.2, 0) is 4.79 Å². The molecule has 5 nitrogen and oxygen atoms in total. The average Bonchev–Trinajstić information content (AvgIpc) is 3.31. The lowest BCUT2D eigenvalue weighted by molar-refractivity contribution is -0.115. The molecule has 1 aliphatic heterocycles. The summed E-state index contributed by atoms with van der Waals surface area (Å²) in [5.74, 6) is -0.196. The number of benzene rings is 3. The van der Waals surface area contributed by atoms with E-state index in [2.05, 4.69) is 4.99 Å². The number of thioether (sulfide) groups is 1. The SMILES string of the molecule is O=C(N=C1SCC(=O)N1c1cccc2ccccc12)c1cc2ccccc2o1. The van der Waals surface area contributed by atoms with Crippen molar-refractivity contribution in [2.45, 2.75) is 0 Å². The Morgan fingerprint density at radius 1 is 0.964 bits per heavy atom. The molecule has 4 aromatic rings. The molecule has 3 aromatic carbocycles. The molecular formula is C22H14N2O3S. The minimum Gasteiger partial charge on any atom is -0.451 e. The van der Waals surface area contributed by atoms with Crippen molar-refractivity contribution in [2.75, 3.05) is 10.7 Å². The predicted octanol–water partition coefficient (Wildman–Crippen LogP) is 4.86. The van der Waals surface area contributed by atoms with Gasteiger partial charge in [0.05, 0.1) is 11.4 Å². The van der Waals surface area contributed by atoms with Crippen molar-refractivity contribution in [2.24, 2.45) is 4.99 Å². The van der Waals surface area contributed by atoms with Gasteiger partial charge in [0.25, 0.3) is 0 Å². The number of amides is 2. The number of hydrogen-bond acceptors (Lipinski definition) is 4. The van der Waals surface area contributed by atoms with E-state index in [0.717, 1.165) is 21.8 Å². The first-order chi connectivity index (χ1) is 13.7. The van der Waals surface area contributed by atoms with Crippen LogP contribution >= 0.6 is 11.8 Å². The van der Waals surface area contributed by atoms with Crippen LogP contribution < -0.4 is 4.90 Å². The number of fused-ring (bicyclic) bond motifs is 2. The molecule has 0 saturated carbocycles. The molecule has 136 valence electrons. The summed E-state index contributed by atoms with van der Waals surface area (Å²) in [7, 11) is 0. The summed E-state index contributed by atoms with van der Waals surface area (Å²) >= 11 is 1.26. The van der Waals surface area contributed by atoms with Crippen LogP contribution in [0.1, 0.15) is 10.6 Å². The lowest BCUT2D eigenvalue weighted by Crippen LogP contribution is -2.30. The standard InChI is InChI=1S/C22H14N2O3S/c25-20-13-28-22(23-21(26)19-12-15-7-2-4-11-18(15)27-19)24(20)17-10-5-8-14-6-1-3-9-16(14)17/h1-12H,13H2. The van der Waals surface area contributed by atoms with Gasteiger partial charge in [-0.2, -0.15) is 4.99 Å². The zero-order chi connectivity index (χ0) is 19.1. The Labute approximate surface area is 164 Å². The van der Waals surface area contributed by atoms with Crippen LogP contribution in [0.4, 0.5) is 5.69 Å². The quantitative estimate of drug-likeness (QED) is 0.493. The first kappa shape index (κ1) is 16.8. The van der Waals surface area contributed by atoms with E-state index in [1.807, 2.05) is 60.7 Å². The predicted molar refractivity (Wildman–Crippen MR) is 112 cm³/mol. The maximum Gasteiger partial charge on any atom is 0.315 e. The minimum absolute atomic E-state index is 0.0995. The largest absolute Gasteiger partial charge is 0.451 e. The number of para-hydroxylation sites is 1. The van der Waals surface area contributed by atoms with Crippen LogP contribution in [0.3, 0.4) is 0 Å². The van der Waals surface area contributed by atoms with Crippen LogP contribution in [0.25, 0.3) is 21.7 Å². The van der Waals surface area contributed by atoms with E-state index in [-0.39, 0.29) is 17.4 Å². The molecule has 2 amide bonds. The second-order valence-corrected chi connectivity index (χ2v) is 7.31. The summed E-state index contributed by atoms with van der Waals surface area (Å²) in [6, 6.07) is 22.7. The lowest BCUT2D eigenvalue weighted by atomic mass is 10.1. The van der Waals surface area contributed by atoms with Gasteiger partial charge in [-0.05, 0) is 23.6 Å². The summed E-state index contributed by atoms with van der Waals surface area (Å²) < 4.78 is 5.61. The van der Waals surface area contributed by atoms with Gasteiger partial charge in [-0.15, -0.1) is 0 Å². The van der Waals surface area contributed by atoms with E-state index in [4.69, 9.17) is 4.42 Å². The van der Waals surface area contributed by atoms with Gasteiger partial charge in [0, 0.05) is 10.8 Å². The van der Waals surface area contributed by atoms with Gasteiger partial charge in [0.2, 0.25) is 5.91 Å². The van der Waals surface area contributed by atoms with E-state index in [1.54, 1.807) is 12.1 Å². The highest BCUT2D eigenvalue weighted by Crippen LogP contribution is 2.33. The van der Waals surface area contributed by atoms with Gasteiger partial charge < -0.3 is 4.42 Å². The lowest BCUT2D eigenvalue weighted by Gasteiger charge is -2.18. The average molecular weight is 386 g/mol. The molecule has 1 saturated heterocycles. The van der Waals surface area contributed by atoms with Crippen molar-refractivity contribution in [3.8, 4) is 0 Å². The smallest absolute Gasteiger partial charge is 0.315 e. The number of hydrogen-bond donors (Lipinski definition) is 0. The van der Waals surface area contributed by atoms with Crippen molar-refractivity contribution in [3.05, 3.63) is 78.6 Å². The number of furan rings is 1. The molecule has 5 rings (SSSR count). The molecule has 0 aliphatic carbocycles. The van der Waals surface area contributed by atoms with E-state index in [9.17, 15) is 9.59 Å². The van der Waals surface area contributed by atoms with Gasteiger partial charge in [-0.25, -0.2) is 0 Å². The Morgan fingerprint density at radius 2 is 1.71 bits per heavy atom. The number of aliphatic imine (C=N–C) groups is 1. The second-order valence-electron chi connectivity index (χ2n) is 6.36. The molecule has 0 atom stereocenters. The number of rotatable bonds is 2. The van der Waals surface area contributed by atoms with E-state index in [1.165, 1.54) is 16.7 Å². The molecule has 2 heterocycles. The molecule has 0 bridgehead atoms. The van der Waals surface area contributed by atoms with Gasteiger partial charge >= 0.3 is 5.91 Å². The fourth-order valence-electron chi connectivity index (χ4n) is 3.31. The summed E-state index contributed by atoms with van der Waals surface area (Å²) in [6.07, 6.45) is 0. The van der Waals surface area contributed by atoms with Crippen LogP contribution in [-0.4, -0.2) is 22.7 Å². The first-order valence-corrected chi connectivity index (χ1v) is 9.74. The molecule has 28 heavy (non-hydrogen) atoms. The number of nitrogens with zero attached hydrogens (tertiary/aromatic N) is 2. The highest BCUT2D eigenvalue weighted by molar-refractivity contribution is 8.15. The fourth-order valence-corrected chi connectivity index (χ4v) is 4.17. The first-order valence-electron chi connectivity index (χ1n) is 8.76. The van der Waals surface area contributed by atoms with Gasteiger partial charge in [-0.1, -0.05) is 66.4 Å². The third-order valence-corrected chi connectivity index (χ3v) is 5.53. The topological polar surface area (TPSA) is 62.9 Å². The van der Waals surface area contributed by atoms with Gasteiger partial charge in [-0.3, -0.25) is 14.5 Å². The fraction of sp³-hybridized carbons (Fsp3) is 0.0455. The number of amidine groups is 1. The number of carbonyl (C=O) groups excluding carboxylic acids is 2. The Kier molecular flexibility index (Phi) is 3.98. The van der Waals surface area contributed by atoms with E-state index in [0.29, 0.717) is 10.8 Å². The summed E-state index contributed by atoms with van der Waals surface area (Å²) in [4.78, 5) is 31.0. The Morgan fingerprint density at radius 3 is 2.57 bits per heavy atom. The highest BCUT2D eigenvalue weighted by atomic mass is 32.2. The van der Waals surface area contributed by atoms with Crippen molar-refractivity contribution in [1.29, 1.82) is 0 Å². The van der Waals surface area contributed by atoms with Crippen molar-refractivity contribution >= 4 is 56.2 Å². The maximum atomic E-state index is 12.7. The molecule has 1 aromatic heterocycles. The Balaban J connectivity index is 1.56. The van der Waals surface area contributed by atoms with Crippen LogP contribution in [0, 0.1) is 0 Å². The van der Waals surface area contributed by atoms with Gasteiger partial charge in [0.15, 0.2) is 10.9 Å². The molecule has 0 radical (unpaired) electrons. The molecule has 1 aliphatic rings. The van der Waals surface area contributed by atoms with Crippen molar-refractivity contribution in [3.63, 3.8) is 0 Å². The summed E-state index contributed by atoms with van der Waals surface area (Å²) in [5.41, 5.74) is 1.36. The summed E-state index contributed by atoms with van der Waals surface area (Å²) in [5, 5.41) is 3.16. The van der Waals surface area contributed by atoms with Crippen molar-refractivity contribution < 1.29 is 14.0 Å². The zero-order valence-electron chi connectivity index (χ0n) is 14.7. The molecular weight excluding hydrogens is 372 g/mol. The third-order valence-electron chi connectivity index (χ3n) is 4.61.